The summed E-state index contributed by atoms with van der Waals surface area (Å²) >= 11 is 0. The molecule has 1 saturated carbocycles. The van der Waals surface area contributed by atoms with Crippen molar-refractivity contribution in [2.75, 3.05) is 12.4 Å². The Balaban J connectivity index is 1.99. The highest BCUT2D eigenvalue weighted by Gasteiger charge is 2.25. The largest absolute Gasteiger partial charge is 0.324 e. The third kappa shape index (κ3) is 2.41. The molecule has 88 valence electrons. The smallest absolute Gasteiger partial charge is 0.221 e. The molecule has 1 aromatic rings. The molecule has 16 heavy (non-hydrogen) atoms. The number of carbonyl (C=O) groups excluding carboxylic acids is 1. The molecule has 1 aliphatic rings. The number of anilines is 1. The van der Waals surface area contributed by atoms with Gasteiger partial charge in [-0.05, 0) is 26.3 Å². The van der Waals surface area contributed by atoms with Gasteiger partial charge < -0.3 is 10.6 Å². The summed E-state index contributed by atoms with van der Waals surface area (Å²) in [6.07, 6.45) is 7.05. The molecule has 1 amide bonds. The van der Waals surface area contributed by atoms with E-state index in [1.165, 1.54) is 13.3 Å². The van der Waals surface area contributed by atoms with Crippen molar-refractivity contribution in [3.63, 3.8) is 0 Å². The van der Waals surface area contributed by atoms with Gasteiger partial charge in [-0.15, -0.1) is 0 Å². The number of nitrogens with one attached hydrogen (secondary N) is 2. The van der Waals surface area contributed by atoms with Crippen molar-refractivity contribution in [3.05, 3.63) is 12.4 Å². The van der Waals surface area contributed by atoms with Gasteiger partial charge in [0.15, 0.2) is 0 Å². The summed E-state index contributed by atoms with van der Waals surface area (Å²) in [7, 11) is 2.00. The molecule has 0 bridgehead atoms. The van der Waals surface area contributed by atoms with Crippen molar-refractivity contribution in [2.45, 2.75) is 38.3 Å². The molecule has 0 radical (unpaired) electrons. The second-order valence-electron chi connectivity index (χ2n) is 4.34. The molecular formula is C11H18N4O. The van der Waals surface area contributed by atoms with Gasteiger partial charge in [-0.3, -0.25) is 9.48 Å². The van der Waals surface area contributed by atoms with Crippen molar-refractivity contribution in [2.24, 2.45) is 0 Å². The fourth-order valence-electron chi connectivity index (χ4n) is 2.27. The lowest BCUT2D eigenvalue weighted by atomic mass is 10.2. The van der Waals surface area contributed by atoms with Crippen LogP contribution in [0.2, 0.25) is 0 Å². The van der Waals surface area contributed by atoms with Crippen LogP contribution in [0, 0.1) is 0 Å². The third-order valence-electron chi connectivity index (χ3n) is 3.11. The number of rotatable bonds is 3. The van der Waals surface area contributed by atoms with E-state index in [0.29, 0.717) is 12.1 Å². The Morgan fingerprint density at radius 3 is 3.00 bits per heavy atom. The number of nitrogens with zero attached hydrogens (tertiary/aromatic N) is 2. The third-order valence-corrected chi connectivity index (χ3v) is 3.11. The van der Waals surface area contributed by atoms with Crippen LogP contribution < -0.4 is 10.6 Å². The van der Waals surface area contributed by atoms with Crippen LogP contribution in [0.5, 0.6) is 0 Å². The van der Waals surface area contributed by atoms with E-state index in [2.05, 4.69) is 15.7 Å². The highest BCUT2D eigenvalue weighted by atomic mass is 16.1. The summed E-state index contributed by atoms with van der Waals surface area (Å²) in [5.74, 6) is -0.0564. The molecule has 2 atom stereocenters. The van der Waals surface area contributed by atoms with Gasteiger partial charge in [0.25, 0.3) is 0 Å². The van der Waals surface area contributed by atoms with E-state index in [1.807, 2.05) is 17.9 Å². The lowest BCUT2D eigenvalue weighted by molar-refractivity contribution is -0.114. The molecule has 1 heterocycles. The number of amides is 1. The van der Waals surface area contributed by atoms with E-state index in [-0.39, 0.29) is 5.91 Å². The summed E-state index contributed by atoms with van der Waals surface area (Å²) in [4.78, 5) is 10.9. The van der Waals surface area contributed by atoms with Crippen LogP contribution >= 0.6 is 0 Å². The van der Waals surface area contributed by atoms with Crippen molar-refractivity contribution in [1.29, 1.82) is 0 Å². The first kappa shape index (κ1) is 11.1. The maximum Gasteiger partial charge on any atom is 0.221 e. The van der Waals surface area contributed by atoms with Crippen LogP contribution in [-0.4, -0.2) is 28.8 Å². The Bertz CT molecular complexity index is 374. The molecule has 1 fully saturated rings. The lowest BCUT2D eigenvalue weighted by Gasteiger charge is -2.10. The predicted octanol–water partition coefficient (Wildman–Crippen LogP) is 1.15. The Hall–Kier alpha value is -1.36. The van der Waals surface area contributed by atoms with E-state index in [9.17, 15) is 4.79 Å². The van der Waals surface area contributed by atoms with Crippen molar-refractivity contribution < 1.29 is 4.79 Å². The zero-order valence-electron chi connectivity index (χ0n) is 9.73. The monoisotopic (exact) mass is 222 g/mol. The molecule has 2 unspecified atom stereocenters. The highest BCUT2D eigenvalue weighted by molar-refractivity contribution is 5.88. The minimum absolute atomic E-state index is 0.0564. The van der Waals surface area contributed by atoms with Gasteiger partial charge in [0.05, 0.1) is 17.9 Å². The fourth-order valence-corrected chi connectivity index (χ4v) is 2.27. The average molecular weight is 222 g/mol. The summed E-state index contributed by atoms with van der Waals surface area (Å²) in [6.45, 7) is 1.50. The molecule has 0 aliphatic heterocycles. The first-order valence-corrected chi connectivity index (χ1v) is 5.68. The Kier molecular flexibility index (Phi) is 3.24. The summed E-state index contributed by atoms with van der Waals surface area (Å²) in [6, 6.07) is 1.05. The molecule has 2 N–H and O–H groups in total. The van der Waals surface area contributed by atoms with Crippen LogP contribution in [0.25, 0.3) is 0 Å². The minimum atomic E-state index is -0.0564. The van der Waals surface area contributed by atoms with Gasteiger partial charge in [0.1, 0.15) is 0 Å². The lowest BCUT2D eigenvalue weighted by Crippen LogP contribution is -2.21. The van der Waals surface area contributed by atoms with E-state index < -0.39 is 0 Å². The van der Waals surface area contributed by atoms with E-state index in [0.717, 1.165) is 18.5 Å². The Morgan fingerprint density at radius 2 is 2.38 bits per heavy atom. The topological polar surface area (TPSA) is 59.0 Å². The zero-order chi connectivity index (χ0) is 11.5. The second-order valence-corrected chi connectivity index (χ2v) is 4.34. The minimum Gasteiger partial charge on any atom is -0.324 e. The average Bonchev–Trinajstić information content (AvgIpc) is 2.83. The van der Waals surface area contributed by atoms with Crippen molar-refractivity contribution in [3.8, 4) is 0 Å². The number of carbonyl (C=O) groups is 1. The van der Waals surface area contributed by atoms with Crippen LogP contribution in [0.4, 0.5) is 5.69 Å². The van der Waals surface area contributed by atoms with Gasteiger partial charge >= 0.3 is 0 Å². The quantitative estimate of drug-likeness (QED) is 0.806. The molecule has 1 aromatic heterocycles. The summed E-state index contributed by atoms with van der Waals surface area (Å²) in [5.41, 5.74) is 0.778. The van der Waals surface area contributed by atoms with Crippen molar-refractivity contribution in [1.82, 2.24) is 15.1 Å². The molecule has 1 aliphatic carbocycles. The Morgan fingerprint density at radius 1 is 1.56 bits per heavy atom. The van der Waals surface area contributed by atoms with Gasteiger partial charge in [-0.1, -0.05) is 0 Å². The molecular weight excluding hydrogens is 204 g/mol. The van der Waals surface area contributed by atoms with Crippen LogP contribution in [0.3, 0.4) is 0 Å². The number of hydrogen-bond donors (Lipinski definition) is 2. The molecule has 2 rings (SSSR count). The molecule has 5 heteroatoms. The second kappa shape index (κ2) is 4.65. The first-order valence-electron chi connectivity index (χ1n) is 5.68. The van der Waals surface area contributed by atoms with Gasteiger partial charge in [-0.25, -0.2) is 0 Å². The first-order chi connectivity index (χ1) is 7.69. The fraction of sp³-hybridized carbons (Fsp3) is 0.636. The van der Waals surface area contributed by atoms with Crippen LogP contribution in [-0.2, 0) is 4.79 Å². The normalized spacial score (nSPS) is 24.6. The summed E-state index contributed by atoms with van der Waals surface area (Å²) in [5, 5.41) is 10.3. The van der Waals surface area contributed by atoms with Crippen LogP contribution in [0.15, 0.2) is 12.4 Å². The molecule has 0 spiro atoms. The Labute approximate surface area is 95.2 Å². The van der Waals surface area contributed by atoms with E-state index >= 15 is 0 Å². The maximum absolute atomic E-state index is 10.9. The van der Waals surface area contributed by atoms with E-state index in [4.69, 9.17) is 0 Å². The SMILES string of the molecule is CNC1CCC(n2cc(NC(C)=O)cn2)C1. The summed E-state index contributed by atoms with van der Waals surface area (Å²) < 4.78 is 1.96. The molecule has 0 saturated heterocycles. The highest BCUT2D eigenvalue weighted by Crippen LogP contribution is 2.29. The van der Waals surface area contributed by atoms with E-state index in [1.54, 1.807) is 6.20 Å². The van der Waals surface area contributed by atoms with Gasteiger partial charge in [-0.2, -0.15) is 5.10 Å². The zero-order valence-corrected chi connectivity index (χ0v) is 9.73. The standard InChI is InChI=1S/C11H18N4O/c1-8(16)14-10-6-13-15(7-10)11-4-3-9(5-11)12-2/h6-7,9,11-12H,3-5H2,1-2H3,(H,14,16). The number of hydrogen-bond acceptors (Lipinski definition) is 3. The predicted molar refractivity (Wildman–Crippen MR) is 62.3 cm³/mol. The van der Waals surface area contributed by atoms with Crippen LogP contribution in [0.1, 0.15) is 32.2 Å². The van der Waals surface area contributed by atoms with Crippen molar-refractivity contribution >= 4 is 11.6 Å². The molecule has 5 nitrogen and oxygen atoms in total. The molecule has 0 aromatic carbocycles. The van der Waals surface area contributed by atoms with Gasteiger partial charge in [0.2, 0.25) is 5.91 Å². The van der Waals surface area contributed by atoms with Gasteiger partial charge in [0, 0.05) is 19.2 Å². The maximum atomic E-state index is 10.9. The number of aromatic nitrogens is 2.